The smallest absolute Gasteiger partial charge is 0.251 e. The van der Waals surface area contributed by atoms with Crippen LogP contribution in [0.1, 0.15) is 41.2 Å². The van der Waals surface area contributed by atoms with Crippen LogP contribution in [0.5, 0.6) is 0 Å². The third-order valence-electron chi connectivity index (χ3n) is 6.70. The van der Waals surface area contributed by atoms with Gasteiger partial charge in [0.05, 0.1) is 11.8 Å². The van der Waals surface area contributed by atoms with Crippen LogP contribution in [0.4, 0.5) is 5.13 Å². The highest BCUT2D eigenvalue weighted by atomic mass is 32.1. The molecule has 9 nitrogen and oxygen atoms in total. The van der Waals surface area contributed by atoms with Gasteiger partial charge in [0, 0.05) is 42.6 Å². The third kappa shape index (κ3) is 5.71. The quantitative estimate of drug-likeness (QED) is 0.420. The number of rotatable bonds is 8. The molecule has 192 valence electrons. The molecule has 1 saturated heterocycles. The van der Waals surface area contributed by atoms with Crippen molar-refractivity contribution in [3.05, 3.63) is 71.1 Å². The van der Waals surface area contributed by atoms with Gasteiger partial charge in [0.15, 0.2) is 5.13 Å². The van der Waals surface area contributed by atoms with E-state index in [1.165, 1.54) is 16.2 Å². The van der Waals surface area contributed by atoms with Gasteiger partial charge in [-0.2, -0.15) is 0 Å². The molecule has 2 fully saturated rings. The number of nitrogens with zero attached hydrogens (tertiary/aromatic N) is 2. The summed E-state index contributed by atoms with van der Waals surface area (Å²) in [4.78, 5) is 44.7. The predicted octanol–water partition coefficient (Wildman–Crippen LogP) is 2.96. The van der Waals surface area contributed by atoms with Gasteiger partial charge in [-0.3, -0.25) is 14.4 Å². The van der Waals surface area contributed by atoms with E-state index < -0.39 is 12.1 Å². The highest BCUT2D eigenvalue weighted by Crippen LogP contribution is 2.28. The number of hydrogen-bond acceptors (Lipinski definition) is 7. The average molecular weight is 520 g/mol. The van der Waals surface area contributed by atoms with E-state index >= 15 is 0 Å². The second-order valence-corrected chi connectivity index (χ2v) is 10.2. The number of aromatic nitrogens is 1. The number of likely N-dealkylation sites (tertiary alicyclic amines) is 1. The number of amides is 3. The fourth-order valence-electron chi connectivity index (χ4n) is 4.38. The molecule has 2 heterocycles. The van der Waals surface area contributed by atoms with Gasteiger partial charge in [0.1, 0.15) is 12.1 Å². The van der Waals surface area contributed by atoms with Crippen molar-refractivity contribution in [3.63, 3.8) is 0 Å². The van der Waals surface area contributed by atoms with Gasteiger partial charge in [0.25, 0.3) is 5.91 Å². The third-order valence-corrected chi connectivity index (χ3v) is 7.45. The maximum absolute atomic E-state index is 13.2. The molecule has 2 aromatic carbocycles. The Kier molecular flexibility index (Phi) is 7.31. The maximum Gasteiger partial charge on any atom is 0.251 e. The van der Waals surface area contributed by atoms with Crippen LogP contribution in [0.25, 0.3) is 11.3 Å². The number of nitrogens with one attached hydrogen (secondary N) is 2. The Morgan fingerprint density at radius 1 is 1.11 bits per heavy atom. The fourth-order valence-corrected chi connectivity index (χ4v) is 5.11. The van der Waals surface area contributed by atoms with E-state index in [0.29, 0.717) is 34.4 Å². The molecular weight excluding hydrogens is 490 g/mol. The Bertz CT molecular complexity index is 1280. The van der Waals surface area contributed by atoms with Gasteiger partial charge in [-0.25, -0.2) is 4.98 Å². The lowest BCUT2D eigenvalue weighted by Gasteiger charge is -2.26. The lowest BCUT2D eigenvalue weighted by molar-refractivity contribution is -0.138. The van der Waals surface area contributed by atoms with Crippen LogP contribution in [0, 0.1) is 0 Å². The lowest BCUT2D eigenvalue weighted by Crippen LogP contribution is -2.46. The Morgan fingerprint density at radius 2 is 1.84 bits per heavy atom. The zero-order chi connectivity index (χ0) is 25.9. The molecule has 0 radical (unpaired) electrons. The summed E-state index contributed by atoms with van der Waals surface area (Å²) in [7, 11) is 1.57. The molecule has 3 amide bonds. The largest absolute Gasteiger partial charge is 0.380 e. The summed E-state index contributed by atoms with van der Waals surface area (Å²) >= 11 is 1.30. The molecule has 3 aromatic rings. The number of benzene rings is 2. The van der Waals surface area contributed by atoms with Crippen LogP contribution in [-0.4, -0.2) is 59.4 Å². The van der Waals surface area contributed by atoms with Crippen molar-refractivity contribution in [1.29, 1.82) is 0 Å². The molecule has 1 aliphatic carbocycles. The minimum Gasteiger partial charge on any atom is -0.380 e. The Morgan fingerprint density at radius 3 is 2.51 bits per heavy atom. The Hall–Kier alpha value is -3.60. The molecule has 37 heavy (non-hydrogen) atoms. The van der Waals surface area contributed by atoms with Crippen LogP contribution in [0.3, 0.4) is 0 Å². The van der Waals surface area contributed by atoms with Crippen molar-refractivity contribution in [2.24, 2.45) is 5.73 Å². The first kappa shape index (κ1) is 25.1. The van der Waals surface area contributed by atoms with E-state index in [1.807, 2.05) is 35.7 Å². The van der Waals surface area contributed by atoms with Gasteiger partial charge in [0.2, 0.25) is 11.8 Å². The van der Waals surface area contributed by atoms with Crippen LogP contribution in [0.15, 0.2) is 60.0 Å². The first-order valence-electron chi connectivity index (χ1n) is 12.2. The van der Waals surface area contributed by atoms with Gasteiger partial charge in [-0.05, 0) is 30.5 Å². The molecule has 1 saturated carbocycles. The first-order valence-corrected chi connectivity index (χ1v) is 13.1. The zero-order valence-electron chi connectivity index (χ0n) is 20.4. The molecule has 3 atom stereocenters. The van der Waals surface area contributed by atoms with E-state index in [0.717, 1.165) is 18.4 Å². The molecule has 10 heteroatoms. The second-order valence-electron chi connectivity index (χ2n) is 9.34. The van der Waals surface area contributed by atoms with Crippen molar-refractivity contribution >= 4 is 34.2 Å². The van der Waals surface area contributed by atoms with Crippen molar-refractivity contribution in [2.75, 3.05) is 19.0 Å². The highest BCUT2D eigenvalue weighted by molar-refractivity contribution is 7.14. The highest BCUT2D eigenvalue weighted by Gasteiger charge is 2.41. The van der Waals surface area contributed by atoms with Crippen LogP contribution >= 0.6 is 11.3 Å². The molecular formula is C27H29N5O4S. The van der Waals surface area contributed by atoms with Crippen LogP contribution in [0.2, 0.25) is 0 Å². The molecule has 5 rings (SSSR count). The second kappa shape index (κ2) is 10.8. The number of carbonyl (C=O) groups excluding carboxylic acids is 3. The summed E-state index contributed by atoms with van der Waals surface area (Å²) in [5.74, 6) is -0.727. The summed E-state index contributed by atoms with van der Waals surface area (Å²) in [5.41, 5.74) is 9.06. The lowest BCUT2D eigenvalue weighted by atomic mass is 10.1. The number of thiazole rings is 1. The van der Waals surface area contributed by atoms with Crippen LogP contribution in [-0.2, 0) is 14.3 Å². The SMILES string of the molecule is COC1C[C@@H](C(=O)Nc2nc(-c3ccc(C(=O)NC4CC4)cc3)cs2)N(C(=O)[C@H](N)c2ccccc2)C1. The van der Waals surface area contributed by atoms with Gasteiger partial charge < -0.3 is 26.0 Å². The normalized spacial score (nSPS) is 19.9. The van der Waals surface area contributed by atoms with Gasteiger partial charge in [-0.1, -0.05) is 42.5 Å². The number of carbonyl (C=O) groups is 3. The minimum atomic E-state index is -0.868. The summed E-state index contributed by atoms with van der Waals surface area (Å²) in [5, 5.41) is 8.10. The van der Waals surface area contributed by atoms with Gasteiger partial charge in [-0.15, -0.1) is 11.3 Å². The molecule has 4 N–H and O–H groups in total. The molecule has 1 unspecified atom stereocenters. The van der Waals surface area contributed by atoms with Crippen molar-refractivity contribution in [1.82, 2.24) is 15.2 Å². The zero-order valence-corrected chi connectivity index (χ0v) is 21.2. The summed E-state index contributed by atoms with van der Waals surface area (Å²) in [6.45, 7) is 0.289. The predicted molar refractivity (Wildman–Crippen MR) is 141 cm³/mol. The molecule has 1 aromatic heterocycles. The maximum atomic E-state index is 13.2. The molecule has 0 spiro atoms. The Labute approximate surface area is 219 Å². The standard InChI is InChI=1S/C27H29N5O4S/c1-36-20-13-22(32(14-20)26(35)23(28)17-5-3-2-4-6-17)25(34)31-27-30-21(15-37-27)16-7-9-18(10-8-16)24(33)29-19-11-12-19/h2-10,15,19-20,22-23H,11-14,28H2,1H3,(H,29,33)(H,30,31,34)/t20?,22-,23+/m0/s1. The van der Waals surface area contributed by atoms with Crippen molar-refractivity contribution < 1.29 is 19.1 Å². The van der Waals surface area contributed by atoms with E-state index in [9.17, 15) is 14.4 Å². The number of ether oxygens (including phenoxy) is 1. The first-order chi connectivity index (χ1) is 17.9. The average Bonchev–Trinajstić information content (AvgIpc) is 3.44. The molecule has 0 bridgehead atoms. The monoisotopic (exact) mass is 519 g/mol. The number of methoxy groups -OCH3 is 1. The number of anilines is 1. The summed E-state index contributed by atoms with van der Waals surface area (Å²) in [6, 6.07) is 15.0. The van der Waals surface area contributed by atoms with Crippen molar-refractivity contribution in [2.45, 2.75) is 43.5 Å². The summed E-state index contributed by atoms with van der Waals surface area (Å²) in [6.07, 6.45) is 2.19. The van der Waals surface area contributed by atoms with E-state index in [-0.39, 0.29) is 30.4 Å². The van der Waals surface area contributed by atoms with E-state index in [4.69, 9.17) is 10.5 Å². The Balaban J connectivity index is 1.25. The van der Waals surface area contributed by atoms with E-state index in [1.54, 1.807) is 31.4 Å². The molecule has 1 aliphatic heterocycles. The van der Waals surface area contributed by atoms with Gasteiger partial charge >= 0.3 is 0 Å². The topological polar surface area (TPSA) is 127 Å². The number of hydrogen-bond donors (Lipinski definition) is 3. The van der Waals surface area contributed by atoms with Crippen molar-refractivity contribution in [3.8, 4) is 11.3 Å². The van der Waals surface area contributed by atoms with E-state index in [2.05, 4.69) is 15.6 Å². The number of nitrogens with two attached hydrogens (primary N) is 1. The van der Waals surface area contributed by atoms with Crippen LogP contribution < -0.4 is 16.4 Å². The fraction of sp³-hybridized carbons (Fsp3) is 0.333. The summed E-state index contributed by atoms with van der Waals surface area (Å²) < 4.78 is 5.46. The molecule has 2 aliphatic rings. The minimum absolute atomic E-state index is 0.0720.